The number of allylic oxidation sites excluding steroid dienone is 1. The molecule has 0 aliphatic rings. The molecule has 52 heavy (non-hydrogen) atoms. The molecule has 1 unspecified atom stereocenters. The van der Waals surface area contributed by atoms with Crippen molar-refractivity contribution in [1.82, 2.24) is 24.3 Å². The van der Waals surface area contributed by atoms with E-state index in [0.717, 1.165) is 18.2 Å². The van der Waals surface area contributed by atoms with E-state index in [0.29, 0.717) is 29.2 Å². The summed E-state index contributed by atoms with van der Waals surface area (Å²) in [5, 5.41) is 14.0. The van der Waals surface area contributed by atoms with Gasteiger partial charge in [-0.3, -0.25) is 14.4 Å². The van der Waals surface area contributed by atoms with Gasteiger partial charge in [0.05, 0.1) is 12.1 Å². The quantitative estimate of drug-likeness (QED) is 0.0737. The summed E-state index contributed by atoms with van der Waals surface area (Å²) in [6.07, 6.45) is 3.24. The van der Waals surface area contributed by atoms with Crippen molar-refractivity contribution in [3.63, 3.8) is 0 Å². The third-order valence-electron chi connectivity index (χ3n) is 7.96. The molecule has 4 aromatic rings. The number of carboxylic acid groups (broad SMARTS) is 1. The van der Waals surface area contributed by atoms with Gasteiger partial charge in [-0.05, 0) is 61.4 Å². The van der Waals surface area contributed by atoms with E-state index in [9.17, 15) is 33.1 Å². The molecular formula is C36H44F2N6O7Si. The third-order valence-corrected chi connectivity index (χ3v) is 9.67. The summed E-state index contributed by atoms with van der Waals surface area (Å²) in [6, 6.07) is 11.2. The monoisotopic (exact) mass is 738 g/mol. The van der Waals surface area contributed by atoms with Gasteiger partial charge in [-0.2, -0.15) is 0 Å². The SMILES string of the molecule is CN(C)C(=O)/C=C/CCC(NC(=O)O)C(=O)Nc1cccn(Cc2nc3c(OCc4ccc(F)cc4F)cccc3n2COCC[Si](C)(C)C)c1=O. The number of hydrogen-bond acceptors (Lipinski definition) is 7. The molecule has 0 aliphatic heterocycles. The molecule has 0 saturated carbocycles. The highest BCUT2D eigenvalue weighted by atomic mass is 28.3. The molecule has 0 bridgehead atoms. The maximum Gasteiger partial charge on any atom is 0.405 e. The zero-order valence-corrected chi connectivity index (χ0v) is 30.8. The summed E-state index contributed by atoms with van der Waals surface area (Å²) in [6.45, 7) is 7.15. The molecule has 13 nitrogen and oxygen atoms in total. The number of aromatic nitrogens is 3. The van der Waals surface area contributed by atoms with E-state index in [1.54, 1.807) is 38.4 Å². The average molecular weight is 739 g/mol. The lowest BCUT2D eigenvalue weighted by atomic mass is 10.1. The van der Waals surface area contributed by atoms with Crippen molar-refractivity contribution in [3.8, 4) is 5.75 Å². The van der Waals surface area contributed by atoms with Crippen LogP contribution in [0.1, 0.15) is 24.2 Å². The Bertz CT molecular complexity index is 1990. The predicted molar refractivity (Wildman–Crippen MR) is 195 cm³/mol. The smallest absolute Gasteiger partial charge is 0.405 e. The fourth-order valence-corrected chi connectivity index (χ4v) is 5.78. The molecular weight excluding hydrogens is 695 g/mol. The topological polar surface area (TPSA) is 157 Å². The van der Waals surface area contributed by atoms with Crippen molar-refractivity contribution in [2.45, 2.75) is 64.5 Å². The molecule has 0 spiro atoms. The van der Waals surface area contributed by atoms with Crippen molar-refractivity contribution in [3.05, 3.63) is 100 Å². The molecule has 2 aromatic carbocycles. The van der Waals surface area contributed by atoms with Crippen LogP contribution < -0.4 is 20.9 Å². The standard InChI is InChI=1S/C36H44F2N6O7Si/c1-42(2)32(45)14-7-6-10-27(40-36(48)49)34(46)39-28-11-9-17-43(35(28)47)21-31-41-33-29(44(31)23-50-18-19-52(3,4)5)12-8-13-30(33)51-22-24-15-16-25(37)20-26(24)38/h7-9,11-17,20,27,40H,6,10,18-19,21-23H2,1-5H3,(H,39,46)(H,48,49)/b14-7+. The molecule has 2 aromatic heterocycles. The lowest BCUT2D eigenvalue weighted by Crippen LogP contribution is -2.44. The number of imidazole rings is 1. The fraction of sp³-hybridized carbons (Fsp3) is 0.361. The van der Waals surface area contributed by atoms with Crippen LogP contribution in [0, 0.1) is 11.6 Å². The lowest BCUT2D eigenvalue weighted by Gasteiger charge is -2.17. The number of anilines is 1. The zero-order valence-electron chi connectivity index (χ0n) is 29.8. The van der Waals surface area contributed by atoms with Gasteiger partial charge in [0.1, 0.15) is 53.8 Å². The van der Waals surface area contributed by atoms with E-state index in [1.165, 1.54) is 33.9 Å². The van der Waals surface area contributed by atoms with Gasteiger partial charge in [0.2, 0.25) is 11.8 Å². The Kier molecular flexibility index (Phi) is 13.4. The number of fused-ring (bicyclic) bond motifs is 1. The summed E-state index contributed by atoms with van der Waals surface area (Å²) in [5.74, 6) is -1.66. The van der Waals surface area contributed by atoms with Crippen LogP contribution in [0.25, 0.3) is 11.0 Å². The van der Waals surface area contributed by atoms with Gasteiger partial charge < -0.3 is 39.2 Å². The Labute approximate surface area is 300 Å². The summed E-state index contributed by atoms with van der Waals surface area (Å²) in [5.41, 5.74) is 0.594. The summed E-state index contributed by atoms with van der Waals surface area (Å²) < 4.78 is 43.0. The van der Waals surface area contributed by atoms with Crippen LogP contribution >= 0.6 is 0 Å². The van der Waals surface area contributed by atoms with Gasteiger partial charge in [-0.15, -0.1) is 0 Å². The normalized spacial score (nSPS) is 12.2. The summed E-state index contributed by atoms with van der Waals surface area (Å²) in [4.78, 5) is 56.2. The first kappa shape index (κ1) is 39.4. The Morgan fingerprint density at radius 2 is 1.87 bits per heavy atom. The van der Waals surface area contributed by atoms with Crippen LogP contribution in [0.4, 0.5) is 19.3 Å². The average Bonchev–Trinajstić information content (AvgIpc) is 3.42. The van der Waals surface area contributed by atoms with Gasteiger partial charge in [0.15, 0.2) is 0 Å². The largest absolute Gasteiger partial charge is 0.486 e. The minimum Gasteiger partial charge on any atom is -0.486 e. The fourth-order valence-electron chi connectivity index (χ4n) is 5.02. The first-order valence-electron chi connectivity index (χ1n) is 16.6. The molecule has 4 rings (SSSR count). The second kappa shape index (κ2) is 17.7. The number of nitrogens with zero attached hydrogens (tertiary/aromatic N) is 4. The van der Waals surface area contributed by atoms with Crippen molar-refractivity contribution in [2.75, 3.05) is 26.0 Å². The molecule has 0 radical (unpaired) electrons. The number of rotatable bonds is 17. The molecule has 3 amide bonds. The van der Waals surface area contributed by atoms with Crippen LogP contribution in [0.15, 0.2) is 71.7 Å². The highest BCUT2D eigenvalue weighted by Crippen LogP contribution is 2.28. The van der Waals surface area contributed by atoms with E-state index >= 15 is 0 Å². The number of benzene rings is 2. The second-order valence-corrected chi connectivity index (χ2v) is 19.1. The number of likely N-dealkylation sites (N-methyl/N-ethyl adjacent to an activating group) is 1. The Hall–Kier alpha value is -5.35. The Morgan fingerprint density at radius 3 is 2.56 bits per heavy atom. The van der Waals surface area contributed by atoms with E-state index in [-0.39, 0.29) is 49.9 Å². The minimum absolute atomic E-state index is 0.0380. The Morgan fingerprint density at radius 1 is 1.10 bits per heavy atom. The minimum atomic E-state index is -1.42. The molecule has 0 aliphatic carbocycles. The molecule has 278 valence electrons. The number of amides is 3. The van der Waals surface area contributed by atoms with Gasteiger partial charge in [0.25, 0.3) is 5.56 Å². The Balaban J connectivity index is 1.60. The van der Waals surface area contributed by atoms with Crippen molar-refractivity contribution < 1.29 is 37.7 Å². The van der Waals surface area contributed by atoms with Gasteiger partial charge in [0, 0.05) is 46.6 Å². The third kappa shape index (κ3) is 11.1. The van der Waals surface area contributed by atoms with Crippen LogP contribution in [-0.4, -0.2) is 76.9 Å². The van der Waals surface area contributed by atoms with Crippen LogP contribution in [0.5, 0.6) is 5.75 Å². The van der Waals surface area contributed by atoms with Gasteiger partial charge in [-0.1, -0.05) is 31.8 Å². The number of para-hydroxylation sites is 1. The van der Waals surface area contributed by atoms with E-state index in [2.05, 4.69) is 30.3 Å². The van der Waals surface area contributed by atoms with Crippen molar-refractivity contribution in [2.24, 2.45) is 0 Å². The highest BCUT2D eigenvalue weighted by Gasteiger charge is 2.22. The zero-order chi connectivity index (χ0) is 38.0. The molecule has 3 N–H and O–H groups in total. The highest BCUT2D eigenvalue weighted by molar-refractivity contribution is 6.76. The van der Waals surface area contributed by atoms with Crippen molar-refractivity contribution in [1.29, 1.82) is 0 Å². The summed E-state index contributed by atoms with van der Waals surface area (Å²) in [7, 11) is 1.79. The van der Waals surface area contributed by atoms with Gasteiger partial charge >= 0.3 is 6.09 Å². The molecule has 0 saturated heterocycles. The predicted octanol–water partition coefficient (Wildman–Crippen LogP) is 5.42. The lowest BCUT2D eigenvalue weighted by molar-refractivity contribution is -0.123. The van der Waals surface area contributed by atoms with Crippen LogP contribution in [0.3, 0.4) is 0 Å². The molecule has 2 heterocycles. The number of hydrogen-bond donors (Lipinski definition) is 3. The van der Waals surface area contributed by atoms with E-state index in [4.69, 9.17) is 14.5 Å². The van der Waals surface area contributed by atoms with Crippen LogP contribution in [0.2, 0.25) is 25.7 Å². The summed E-state index contributed by atoms with van der Waals surface area (Å²) >= 11 is 0. The number of pyridine rings is 1. The first-order chi connectivity index (χ1) is 24.6. The molecule has 0 fully saturated rings. The van der Waals surface area contributed by atoms with E-state index < -0.39 is 43.3 Å². The maximum absolute atomic E-state index is 14.3. The van der Waals surface area contributed by atoms with E-state index in [1.807, 2.05) is 10.6 Å². The van der Waals surface area contributed by atoms with Gasteiger partial charge in [-0.25, -0.2) is 18.6 Å². The first-order valence-corrected chi connectivity index (χ1v) is 20.3. The van der Waals surface area contributed by atoms with Crippen LogP contribution in [-0.2, 0) is 34.2 Å². The molecule has 16 heteroatoms. The number of carbonyl (C=O) groups excluding carboxylic acids is 2. The number of carbonyl (C=O) groups is 3. The number of halogens is 2. The second-order valence-electron chi connectivity index (χ2n) is 13.5. The molecule has 1 atom stereocenters. The maximum atomic E-state index is 14.3. The number of ether oxygens (including phenoxy) is 2. The number of nitrogens with one attached hydrogen (secondary N) is 2. The van der Waals surface area contributed by atoms with Crippen molar-refractivity contribution >= 4 is 42.7 Å².